The number of esters is 1. The third kappa shape index (κ3) is 4.52. The summed E-state index contributed by atoms with van der Waals surface area (Å²) in [5.74, 6) is 1.73. The lowest BCUT2D eigenvalue weighted by atomic mass is 10.1. The van der Waals surface area contributed by atoms with Gasteiger partial charge in [0.25, 0.3) is 0 Å². The highest BCUT2D eigenvalue weighted by molar-refractivity contribution is 6.13. The SMILES string of the molecule is CCCOc1ccc(C=C2N=C(c3cccc(OC)c3)OC2=O)cc1OCC. The molecule has 0 aromatic heterocycles. The topological polar surface area (TPSA) is 66.3 Å². The predicted octanol–water partition coefficient (Wildman–Crippen LogP) is 4.23. The molecule has 6 heteroatoms. The van der Waals surface area contributed by atoms with E-state index in [1.165, 1.54) is 0 Å². The number of benzene rings is 2. The Morgan fingerprint density at radius 1 is 1.07 bits per heavy atom. The van der Waals surface area contributed by atoms with Gasteiger partial charge in [0.1, 0.15) is 5.75 Å². The molecule has 1 aliphatic rings. The average Bonchev–Trinajstić information content (AvgIpc) is 3.08. The van der Waals surface area contributed by atoms with Gasteiger partial charge in [-0.05, 0) is 55.3 Å². The fourth-order valence-corrected chi connectivity index (χ4v) is 2.66. The van der Waals surface area contributed by atoms with Crippen molar-refractivity contribution in [2.75, 3.05) is 20.3 Å². The fourth-order valence-electron chi connectivity index (χ4n) is 2.66. The van der Waals surface area contributed by atoms with Gasteiger partial charge in [-0.3, -0.25) is 0 Å². The number of aliphatic imine (C=N–C) groups is 1. The number of ether oxygens (including phenoxy) is 4. The van der Waals surface area contributed by atoms with Crippen molar-refractivity contribution in [2.24, 2.45) is 4.99 Å². The number of methoxy groups -OCH3 is 1. The minimum Gasteiger partial charge on any atom is -0.497 e. The molecule has 0 saturated carbocycles. The molecule has 0 fully saturated rings. The molecule has 1 heterocycles. The summed E-state index contributed by atoms with van der Waals surface area (Å²) in [7, 11) is 1.58. The van der Waals surface area contributed by atoms with Crippen molar-refractivity contribution in [3.05, 3.63) is 59.3 Å². The van der Waals surface area contributed by atoms with Crippen LogP contribution >= 0.6 is 0 Å². The molecule has 1 aliphatic heterocycles. The molecule has 0 radical (unpaired) electrons. The smallest absolute Gasteiger partial charge is 0.363 e. The van der Waals surface area contributed by atoms with Crippen molar-refractivity contribution in [2.45, 2.75) is 20.3 Å². The lowest BCUT2D eigenvalue weighted by Crippen LogP contribution is -2.05. The van der Waals surface area contributed by atoms with Gasteiger partial charge in [0.05, 0.1) is 20.3 Å². The van der Waals surface area contributed by atoms with Crippen LogP contribution in [-0.4, -0.2) is 32.2 Å². The van der Waals surface area contributed by atoms with Crippen LogP contribution in [0.2, 0.25) is 0 Å². The highest BCUT2D eigenvalue weighted by Gasteiger charge is 2.24. The molecule has 0 saturated heterocycles. The standard InChI is InChI=1S/C22H23NO5/c1-4-11-27-19-10-9-15(13-20(19)26-5-2)12-18-22(24)28-21(23-18)16-7-6-8-17(14-16)25-3/h6-10,12-14H,4-5,11H2,1-3H3. The molecule has 3 rings (SSSR count). The number of carbonyl (C=O) groups excluding carboxylic acids is 1. The maximum atomic E-state index is 12.2. The molecule has 28 heavy (non-hydrogen) atoms. The first-order valence-electron chi connectivity index (χ1n) is 9.21. The third-order valence-corrected chi connectivity index (χ3v) is 3.97. The van der Waals surface area contributed by atoms with Crippen LogP contribution in [0, 0.1) is 0 Å². The Balaban J connectivity index is 1.88. The lowest BCUT2D eigenvalue weighted by molar-refractivity contribution is -0.129. The first-order valence-corrected chi connectivity index (χ1v) is 9.21. The summed E-state index contributed by atoms with van der Waals surface area (Å²) < 4.78 is 21.9. The van der Waals surface area contributed by atoms with E-state index in [4.69, 9.17) is 18.9 Å². The minimum atomic E-state index is -0.498. The molecule has 6 nitrogen and oxygen atoms in total. The number of carbonyl (C=O) groups is 1. The van der Waals surface area contributed by atoms with E-state index in [-0.39, 0.29) is 11.6 Å². The monoisotopic (exact) mass is 381 g/mol. The highest BCUT2D eigenvalue weighted by Crippen LogP contribution is 2.30. The van der Waals surface area contributed by atoms with E-state index in [0.29, 0.717) is 36.0 Å². The summed E-state index contributed by atoms with van der Waals surface area (Å²) in [6.07, 6.45) is 2.58. The van der Waals surface area contributed by atoms with Crippen molar-refractivity contribution in [3.63, 3.8) is 0 Å². The van der Waals surface area contributed by atoms with Crippen LogP contribution in [0.5, 0.6) is 17.2 Å². The van der Waals surface area contributed by atoms with E-state index in [1.807, 2.05) is 50.2 Å². The van der Waals surface area contributed by atoms with Crippen LogP contribution in [-0.2, 0) is 9.53 Å². The molecule has 0 unspecified atom stereocenters. The van der Waals surface area contributed by atoms with Gasteiger partial charge in [0, 0.05) is 5.56 Å². The molecule has 0 bridgehead atoms. The summed E-state index contributed by atoms with van der Waals surface area (Å²) in [6.45, 7) is 5.08. The second kappa shape index (κ2) is 9.08. The molecule has 2 aromatic carbocycles. The molecule has 0 N–H and O–H groups in total. The van der Waals surface area contributed by atoms with Gasteiger partial charge in [-0.15, -0.1) is 0 Å². The normalized spacial score (nSPS) is 14.6. The van der Waals surface area contributed by atoms with Gasteiger partial charge >= 0.3 is 5.97 Å². The summed E-state index contributed by atoms with van der Waals surface area (Å²) in [5.41, 5.74) is 1.67. The number of nitrogens with zero attached hydrogens (tertiary/aromatic N) is 1. The minimum absolute atomic E-state index is 0.225. The van der Waals surface area contributed by atoms with Crippen molar-refractivity contribution >= 4 is 17.9 Å². The Morgan fingerprint density at radius 2 is 1.93 bits per heavy atom. The van der Waals surface area contributed by atoms with E-state index < -0.39 is 5.97 Å². The largest absolute Gasteiger partial charge is 0.497 e. The zero-order valence-corrected chi connectivity index (χ0v) is 16.2. The van der Waals surface area contributed by atoms with Gasteiger partial charge in [-0.2, -0.15) is 0 Å². The molecular formula is C22H23NO5. The average molecular weight is 381 g/mol. The van der Waals surface area contributed by atoms with Crippen LogP contribution in [0.15, 0.2) is 53.2 Å². The van der Waals surface area contributed by atoms with Crippen LogP contribution in [0.4, 0.5) is 0 Å². The Bertz CT molecular complexity index is 917. The van der Waals surface area contributed by atoms with Crippen molar-refractivity contribution in [1.29, 1.82) is 0 Å². The number of cyclic esters (lactones) is 1. The molecule has 146 valence electrons. The summed E-state index contributed by atoms with van der Waals surface area (Å²) in [5, 5.41) is 0. The van der Waals surface area contributed by atoms with Crippen LogP contribution in [0.25, 0.3) is 6.08 Å². The predicted molar refractivity (Wildman–Crippen MR) is 107 cm³/mol. The molecule has 0 amide bonds. The van der Waals surface area contributed by atoms with E-state index in [9.17, 15) is 4.79 Å². The number of hydrogen-bond acceptors (Lipinski definition) is 6. The quantitative estimate of drug-likeness (QED) is 0.506. The molecule has 0 atom stereocenters. The van der Waals surface area contributed by atoms with Gasteiger partial charge in [0.2, 0.25) is 5.90 Å². The number of hydrogen-bond donors (Lipinski definition) is 0. The van der Waals surface area contributed by atoms with Crippen LogP contribution in [0.3, 0.4) is 0 Å². The second-order valence-electron chi connectivity index (χ2n) is 6.06. The Hall–Kier alpha value is -3.28. The van der Waals surface area contributed by atoms with E-state index in [1.54, 1.807) is 19.3 Å². The number of rotatable bonds is 8. The van der Waals surface area contributed by atoms with Gasteiger partial charge < -0.3 is 18.9 Å². The molecule has 2 aromatic rings. The zero-order valence-electron chi connectivity index (χ0n) is 16.2. The maximum Gasteiger partial charge on any atom is 0.363 e. The lowest BCUT2D eigenvalue weighted by Gasteiger charge is -2.12. The van der Waals surface area contributed by atoms with Crippen molar-refractivity contribution in [1.82, 2.24) is 0 Å². The zero-order chi connectivity index (χ0) is 19.9. The van der Waals surface area contributed by atoms with Crippen molar-refractivity contribution in [3.8, 4) is 17.2 Å². The van der Waals surface area contributed by atoms with Gasteiger partial charge in [-0.1, -0.05) is 19.1 Å². The maximum absolute atomic E-state index is 12.2. The van der Waals surface area contributed by atoms with E-state index in [0.717, 1.165) is 12.0 Å². The Kier molecular flexibility index (Phi) is 6.32. The molecule has 0 spiro atoms. The van der Waals surface area contributed by atoms with E-state index >= 15 is 0 Å². The Morgan fingerprint density at radius 3 is 2.68 bits per heavy atom. The third-order valence-electron chi connectivity index (χ3n) is 3.97. The van der Waals surface area contributed by atoms with Crippen LogP contribution in [0.1, 0.15) is 31.4 Å². The van der Waals surface area contributed by atoms with Crippen molar-refractivity contribution < 1.29 is 23.7 Å². The molecular weight excluding hydrogens is 358 g/mol. The van der Waals surface area contributed by atoms with Gasteiger partial charge in [-0.25, -0.2) is 9.79 Å². The Labute approximate surface area is 164 Å². The fraction of sp³-hybridized carbons (Fsp3) is 0.273. The summed E-state index contributed by atoms with van der Waals surface area (Å²) >= 11 is 0. The molecule has 0 aliphatic carbocycles. The summed E-state index contributed by atoms with van der Waals surface area (Å²) in [4.78, 5) is 16.6. The van der Waals surface area contributed by atoms with Gasteiger partial charge in [0.15, 0.2) is 17.2 Å². The van der Waals surface area contributed by atoms with E-state index in [2.05, 4.69) is 4.99 Å². The first-order chi connectivity index (χ1) is 13.6. The van der Waals surface area contributed by atoms with Crippen LogP contribution < -0.4 is 14.2 Å². The highest BCUT2D eigenvalue weighted by atomic mass is 16.6. The first kappa shape index (κ1) is 19.5. The second-order valence-corrected chi connectivity index (χ2v) is 6.06. The summed E-state index contributed by atoms with van der Waals surface area (Å²) in [6, 6.07) is 12.7.